The molecule has 21 heavy (non-hydrogen) atoms. The maximum absolute atomic E-state index is 12.3. The lowest BCUT2D eigenvalue weighted by Crippen LogP contribution is -2.09. The summed E-state index contributed by atoms with van der Waals surface area (Å²) in [7, 11) is 1.51. The Hall–Kier alpha value is -2.00. The molecule has 2 aromatic carbocycles. The van der Waals surface area contributed by atoms with Crippen molar-refractivity contribution >= 4 is 17.6 Å². The minimum absolute atomic E-state index is 0.201. The van der Waals surface area contributed by atoms with Gasteiger partial charge in [0.1, 0.15) is 17.9 Å². The Morgan fingerprint density at radius 1 is 1.10 bits per heavy atom. The minimum Gasteiger partial charge on any atom is -0.496 e. The van der Waals surface area contributed by atoms with Crippen LogP contribution in [-0.2, 0) is 11.3 Å². The Kier molecular flexibility index (Phi) is 4.86. The molecule has 0 aliphatic rings. The molecule has 0 aliphatic heterocycles. The van der Waals surface area contributed by atoms with Gasteiger partial charge in [0.25, 0.3) is 0 Å². The molecule has 3 nitrogen and oxygen atoms in total. The summed E-state index contributed by atoms with van der Waals surface area (Å²) in [4.78, 5) is 12.3. The number of aryl methyl sites for hydroxylation is 2. The first-order chi connectivity index (χ1) is 10.0. The lowest BCUT2D eigenvalue weighted by Gasteiger charge is -2.12. The van der Waals surface area contributed by atoms with Crippen LogP contribution < -0.4 is 4.74 Å². The topological polar surface area (TPSA) is 35.5 Å². The zero-order chi connectivity index (χ0) is 15.4. The van der Waals surface area contributed by atoms with E-state index in [1.807, 2.05) is 38.1 Å². The summed E-state index contributed by atoms with van der Waals surface area (Å²) >= 11 is 6.10. The molecular weight excluding hydrogens is 288 g/mol. The molecule has 0 spiro atoms. The number of esters is 1. The molecule has 0 N–H and O–H groups in total. The number of hydrogen-bond donors (Lipinski definition) is 0. The van der Waals surface area contributed by atoms with Crippen molar-refractivity contribution < 1.29 is 14.3 Å². The normalized spacial score (nSPS) is 10.3. The first kappa shape index (κ1) is 15.4. The van der Waals surface area contributed by atoms with Gasteiger partial charge < -0.3 is 9.47 Å². The summed E-state index contributed by atoms with van der Waals surface area (Å²) in [6.45, 7) is 4.06. The quantitative estimate of drug-likeness (QED) is 0.789. The van der Waals surface area contributed by atoms with E-state index in [2.05, 4.69) is 0 Å². The molecule has 0 bridgehead atoms. The third-order valence-electron chi connectivity index (χ3n) is 3.20. The van der Waals surface area contributed by atoms with Crippen molar-refractivity contribution in [1.82, 2.24) is 0 Å². The molecule has 2 aromatic rings. The van der Waals surface area contributed by atoms with E-state index in [0.717, 1.165) is 16.7 Å². The molecule has 0 heterocycles. The van der Waals surface area contributed by atoms with Crippen molar-refractivity contribution in [2.45, 2.75) is 20.5 Å². The molecule has 0 amide bonds. The standard InChI is InChI=1S/C17H17ClO3/c1-11-4-7-13(8-5-11)10-21-17(19)15-14(18)9-6-12(2)16(15)20-3/h4-9H,10H2,1-3H3. The summed E-state index contributed by atoms with van der Waals surface area (Å²) in [5.41, 5.74) is 3.20. The number of methoxy groups -OCH3 is 1. The molecule has 0 atom stereocenters. The number of hydrogen-bond acceptors (Lipinski definition) is 3. The lowest BCUT2D eigenvalue weighted by molar-refractivity contribution is 0.0469. The number of ether oxygens (including phenoxy) is 2. The van der Waals surface area contributed by atoms with Crippen molar-refractivity contribution in [3.8, 4) is 5.75 Å². The fourth-order valence-electron chi connectivity index (χ4n) is 2.02. The van der Waals surface area contributed by atoms with E-state index in [-0.39, 0.29) is 12.2 Å². The molecule has 0 radical (unpaired) electrons. The van der Waals surface area contributed by atoms with Crippen LogP contribution in [0.2, 0.25) is 5.02 Å². The van der Waals surface area contributed by atoms with Crippen LogP contribution >= 0.6 is 11.6 Å². The second-order valence-electron chi connectivity index (χ2n) is 4.83. The summed E-state index contributed by atoms with van der Waals surface area (Å²) in [5.74, 6) is -0.0301. The third-order valence-corrected chi connectivity index (χ3v) is 3.52. The van der Waals surface area contributed by atoms with Gasteiger partial charge in [0.05, 0.1) is 12.1 Å². The second-order valence-corrected chi connectivity index (χ2v) is 5.24. The van der Waals surface area contributed by atoms with Crippen molar-refractivity contribution in [1.29, 1.82) is 0 Å². The number of benzene rings is 2. The van der Waals surface area contributed by atoms with Gasteiger partial charge in [-0.2, -0.15) is 0 Å². The second kappa shape index (κ2) is 6.64. The first-order valence-corrected chi connectivity index (χ1v) is 6.96. The van der Waals surface area contributed by atoms with Gasteiger partial charge in [0, 0.05) is 0 Å². The van der Waals surface area contributed by atoms with E-state index >= 15 is 0 Å². The molecule has 4 heteroatoms. The van der Waals surface area contributed by atoms with Gasteiger partial charge in [-0.1, -0.05) is 47.5 Å². The Balaban J connectivity index is 2.17. The number of rotatable bonds is 4. The molecule has 0 unspecified atom stereocenters. The van der Waals surface area contributed by atoms with Gasteiger partial charge in [-0.25, -0.2) is 4.79 Å². The maximum Gasteiger partial charge on any atom is 0.343 e. The van der Waals surface area contributed by atoms with Gasteiger partial charge >= 0.3 is 5.97 Å². The van der Waals surface area contributed by atoms with Crippen LogP contribution in [0.15, 0.2) is 36.4 Å². The molecule has 0 saturated heterocycles. The van der Waals surface area contributed by atoms with Crippen molar-refractivity contribution in [3.05, 3.63) is 63.7 Å². The molecule has 2 rings (SSSR count). The summed E-state index contributed by atoms with van der Waals surface area (Å²) in [5, 5.41) is 0.325. The highest BCUT2D eigenvalue weighted by Crippen LogP contribution is 2.30. The van der Waals surface area contributed by atoms with Crippen LogP contribution in [-0.4, -0.2) is 13.1 Å². The highest BCUT2D eigenvalue weighted by molar-refractivity contribution is 6.34. The predicted octanol–water partition coefficient (Wildman–Crippen LogP) is 4.32. The monoisotopic (exact) mass is 304 g/mol. The van der Waals surface area contributed by atoms with Gasteiger partial charge in [-0.05, 0) is 31.0 Å². The zero-order valence-electron chi connectivity index (χ0n) is 12.3. The van der Waals surface area contributed by atoms with Crippen LogP contribution in [0.5, 0.6) is 5.75 Å². The number of carbonyl (C=O) groups is 1. The SMILES string of the molecule is COc1c(C)ccc(Cl)c1C(=O)OCc1ccc(C)cc1. The Labute approximate surface area is 129 Å². The summed E-state index contributed by atoms with van der Waals surface area (Å²) < 4.78 is 10.6. The fourth-order valence-corrected chi connectivity index (χ4v) is 2.25. The van der Waals surface area contributed by atoms with Crippen molar-refractivity contribution in [2.24, 2.45) is 0 Å². The van der Waals surface area contributed by atoms with Gasteiger partial charge in [0.15, 0.2) is 0 Å². The van der Waals surface area contributed by atoms with Crippen LogP contribution in [0.1, 0.15) is 27.0 Å². The van der Waals surface area contributed by atoms with E-state index in [4.69, 9.17) is 21.1 Å². The van der Waals surface area contributed by atoms with E-state index in [9.17, 15) is 4.79 Å². The van der Waals surface area contributed by atoms with Gasteiger partial charge in [-0.3, -0.25) is 0 Å². The van der Waals surface area contributed by atoms with Crippen LogP contribution in [0.4, 0.5) is 0 Å². The third kappa shape index (κ3) is 3.56. The van der Waals surface area contributed by atoms with Crippen LogP contribution in [0, 0.1) is 13.8 Å². The molecule has 0 saturated carbocycles. The molecular formula is C17H17ClO3. The first-order valence-electron chi connectivity index (χ1n) is 6.58. The Bertz CT molecular complexity index is 648. The Morgan fingerprint density at radius 2 is 1.76 bits per heavy atom. The predicted molar refractivity (Wildman–Crippen MR) is 83.0 cm³/mol. The fraction of sp³-hybridized carbons (Fsp3) is 0.235. The number of carbonyl (C=O) groups excluding carboxylic acids is 1. The average molecular weight is 305 g/mol. The highest BCUT2D eigenvalue weighted by Gasteiger charge is 2.19. The maximum atomic E-state index is 12.3. The highest BCUT2D eigenvalue weighted by atomic mass is 35.5. The van der Waals surface area contributed by atoms with Gasteiger partial charge in [0.2, 0.25) is 0 Å². The molecule has 0 aromatic heterocycles. The van der Waals surface area contributed by atoms with Crippen molar-refractivity contribution in [3.63, 3.8) is 0 Å². The molecule has 0 fully saturated rings. The van der Waals surface area contributed by atoms with Crippen molar-refractivity contribution in [2.75, 3.05) is 7.11 Å². The molecule has 110 valence electrons. The van der Waals surface area contributed by atoms with Gasteiger partial charge in [-0.15, -0.1) is 0 Å². The Morgan fingerprint density at radius 3 is 2.38 bits per heavy atom. The summed E-state index contributed by atoms with van der Waals surface area (Å²) in [6.07, 6.45) is 0. The lowest BCUT2D eigenvalue weighted by atomic mass is 10.1. The van der Waals surface area contributed by atoms with Crippen LogP contribution in [0.3, 0.4) is 0 Å². The minimum atomic E-state index is -0.485. The van der Waals surface area contributed by atoms with E-state index in [1.54, 1.807) is 12.1 Å². The molecule has 0 aliphatic carbocycles. The van der Waals surface area contributed by atoms with E-state index in [1.165, 1.54) is 7.11 Å². The largest absolute Gasteiger partial charge is 0.496 e. The number of halogens is 1. The van der Waals surface area contributed by atoms with E-state index in [0.29, 0.717) is 10.8 Å². The summed E-state index contributed by atoms with van der Waals surface area (Å²) in [6, 6.07) is 11.3. The average Bonchev–Trinajstić information content (AvgIpc) is 2.48. The smallest absolute Gasteiger partial charge is 0.343 e. The zero-order valence-corrected chi connectivity index (χ0v) is 13.0. The van der Waals surface area contributed by atoms with Crippen LogP contribution in [0.25, 0.3) is 0 Å². The van der Waals surface area contributed by atoms with E-state index < -0.39 is 5.97 Å².